The van der Waals surface area contributed by atoms with Crippen LogP contribution in [0.1, 0.15) is 45.6 Å². The summed E-state index contributed by atoms with van der Waals surface area (Å²) in [5.74, 6) is -0.995. The van der Waals surface area contributed by atoms with Crippen LogP contribution in [0.2, 0.25) is 5.02 Å². The Kier molecular flexibility index (Phi) is 5.27. The summed E-state index contributed by atoms with van der Waals surface area (Å²) in [4.78, 5) is 17.8. The zero-order valence-electron chi connectivity index (χ0n) is 16.3. The molecule has 1 amide bonds. The number of aromatic nitrogens is 1. The summed E-state index contributed by atoms with van der Waals surface area (Å²) in [5, 5.41) is 12.7. The number of pyridine rings is 1. The van der Waals surface area contributed by atoms with Gasteiger partial charge in [-0.25, -0.2) is 4.39 Å². The van der Waals surface area contributed by atoms with E-state index in [4.69, 9.17) is 16.9 Å². The van der Waals surface area contributed by atoms with Crippen molar-refractivity contribution in [3.05, 3.63) is 99.6 Å². The number of carbonyl (C=O) groups is 1. The summed E-state index contributed by atoms with van der Waals surface area (Å²) in [6, 6.07) is 16.9. The molecule has 4 rings (SSSR count). The molecule has 150 valence electrons. The summed E-state index contributed by atoms with van der Waals surface area (Å²) in [6.07, 6.45) is 3.64. The van der Waals surface area contributed by atoms with Gasteiger partial charge in [0.1, 0.15) is 17.4 Å². The molecule has 1 aliphatic carbocycles. The number of nitrogens with one attached hydrogen (secondary N) is 1. The van der Waals surface area contributed by atoms with Crippen LogP contribution in [0.15, 0.2) is 60.8 Å². The van der Waals surface area contributed by atoms with Crippen molar-refractivity contribution >= 4 is 17.5 Å². The molecule has 1 aromatic heterocycles. The predicted octanol–water partition coefficient (Wildman–Crippen LogP) is 5.14. The number of rotatable bonds is 5. The molecule has 30 heavy (non-hydrogen) atoms. The first-order valence-corrected chi connectivity index (χ1v) is 10.0. The van der Waals surface area contributed by atoms with Crippen LogP contribution in [0.4, 0.5) is 4.39 Å². The number of benzene rings is 2. The third kappa shape index (κ3) is 3.67. The van der Waals surface area contributed by atoms with Gasteiger partial charge in [0.05, 0.1) is 11.3 Å². The molecule has 1 aliphatic rings. The molecule has 1 unspecified atom stereocenters. The molecule has 1 fully saturated rings. The number of hydrogen-bond donors (Lipinski definition) is 1. The monoisotopic (exact) mass is 419 g/mol. The van der Waals surface area contributed by atoms with Gasteiger partial charge < -0.3 is 5.32 Å². The first-order chi connectivity index (χ1) is 14.4. The van der Waals surface area contributed by atoms with Crippen molar-refractivity contribution in [2.75, 3.05) is 0 Å². The number of nitrogens with zero attached hydrogens (tertiary/aromatic N) is 2. The highest BCUT2D eigenvalue weighted by Gasteiger charge is 2.50. The van der Waals surface area contributed by atoms with Crippen LogP contribution in [0, 0.1) is 30.0 Å². The van der Waals surface area contributed by atoms with Crippen molar-refractivity contribution in [2.45, 2.75) is 25.3 Å². The van der Waals surface area contributed by atoms with Crippen molar-refractivity contribution in [3.8, 4) is 6.07 Å². The lowest BCUT2D eigenvalue weighted by molar-refractivity contribution is 0.0900. The lowest BCUT2D eigenvalue weighted by atomic mass is 9.81. The Labute approximate surface area is 179 Å². The third-order valence-corrected chi connectivity index (χ3v) is 5.72. The van der Waals surface area contributed by atoms with Gasteiger partial charge in [-0.3, -0.25) is 9.78 Å². The quantitative estimate of drug-likeness (QED) is 0.622. The molecule has 1 N–H and O–H groups in total. The zero-order chi connectivity index (χ0) is 21.3. The Morgan fingerprint density at radius 1 is 1.20 bits per heavy atom. The minimum atomic E-state index is -0.861. The van der Waals surface area contributed by atoms with Gasteiger partial charge in [0.15, 0.2) is 0 Å². The number of hydrogen-bond acceptors (Lipinski definition) is 3. The van der Waals surface area contributed by atoms with Gasteiger partial charge in [-0.1, -0.05) is 29.8 Å². The molecule has 0 saturated heterocycles. The second-order valence-corrected chi connectivity index (χ2v) is 8.01. The smallest absolute Gasteiger partial charge is 0.252 e. The number of carbonyl (C=O) groups excluding carboxylic acids is 1. The Morgan fingerprint density at radius 2 is 1.93 bits per heavy atom. The fraction of sp³-hybridized carbons (Fsp3) is 0.208. The number of amides is 1. The molecule has 3 aromatic rings. The lowest BCUT2D eigenvalue weighted by Crippen LogP contribution is -2.49. The van der Waals surface area contributed by atoms with Crippen molar-refractivity contribution in [3.63, 3.8) is 0 Å². The topological polar surface area (TPSA) is 65.8 Å². The van der Waals surface area contributed by atoms with E-state index in [0.717, 1.165) is 35.7 Å². The highest BCUT2D eigenvalue weighted by atomic mass is 35.5. The van der Waals surface area contributed by atoms with E-state index in [1.54, 1.807) is 24.4 Å². The predicted molar refractivity (Wildman–Crippen MR) is 113 cm³/mol. The molecule has 4 nitrogen and oxygen atoms in total. The van der Waals surface area contributed by atoms with Gasteiger partial charge in [0.2, 0.25) is 0 Å². The zero-order valence-corrected chi connectivity index (χ0v) is 17.1. The Balaban J connectivity index is 1.82. The van der Waals surface area contributed by atoms with Crippen molar-refractivity contribution in [1.82, 2.24) is 10.3 Å². The van der Waals surface area contributed by atoms with Gasteiger partial charge in [0, 0.05) is 16.8 Å². The van der Waals surface area contributed by atoms with E-state index in [1.165, 1.54) is 12.1 Å². The molecule has 1 heterocycles. The lowest BCUT2D eigenvalue weighted by Gasteiger charge is -2.35. The third-order valence-electron chi connectivity index (χ3n) is 5.47. The molecule has 1 atom stereocenters. The van der Waals surface area contributed by atoms with Crippen molar-refractivity contribution in [1.29, 1.82) is 5.26 Å². The first-order valence-electron chi connectivity index (χ1n) is 9.65. The highest BCUT2D eigenvalue weighted by molar-refractivity contribution is 6.30. The molecule has 0 spiro atoms. The van der Waals surface area contributed by atoms with Crippen LogP contribution >= 0.6 is 11.6 Å². The van der Waals surface area contributed by atoms with Crippen molar-refractivity contribution in [2.24, 2.45) is 5.92 Å². The van der Waals surface area contributed by atoms with Gasteiger partial charge in [-0.2, -0.15) is 5.26 Å². The van der Waals surface area contributed by atoms with Gasteiger partial charge in [-0.05, 0) is 73.2 Å². The normalized spacial score (nSPS) is 15.1. The maximum atomic E-state index is 14.1. The van der Waals surface area contributed by atoms with Crippen molar-refractivity contribution < 1.29 is 9.18 Å². The van der Waals surface area contributed by atoms with E-state index in [1.807, 2.05) is 31.2 Å². The maximum Gasteiger partial charge on any atom is 0.252 e. The average molecular weight is 420 g/mol. The minimum absolute atomic E-state index is 0.0992. The number of aryl methyl sites for hydroxylation is 1. The summed E-state index contributed by atoms with van der Waals surface area (Å²) in [6.45, 7) is 1.95. The average Bonchev–Trinajstić information content (AvgIpc) is 3.59. The second-order valence-electron chi connectivity index (χ2n) is 7.57. The number of nitriles is 1. The van der Waals surface area contributed by atoms with Crippen LogP contribution in [0.5, 0.6) is 0 Å². The fourth-order valence-corrected chi connectivity index (χ4v) is 3.89. The Hall–Kier alpha value is -3.23. The van der Waals surface area contributed by atoms with Gasteiger partial charge in [-0.15, -0.1) is 0 Å². The van der Waals surface area contributed by atoms with Crippen LogP contribution < -0.4 is 5.32 Å². The van der Waals surface area contributed by atoms with E-state index in [0.29, 0.717) is 5.02 Å². The molecule has 0 aliphatic heterocycles. The van der Waals surface area contributed by atoms with E-state index in [-0.39, 0.29) is 17.0 Å². The summed E-state index contributed by atoms with van der Waals surface area (Å²) in [5.41, 5.74) is 1.80. The largest absolute Gasteiger partial charge is 0.337 e. The van der Waals surface area contributed by atoms with Gasteiger partial charge >= 0.3 is 0 Å². The molecular weight excluding hydrogens is 401 g/mol. The minimum Gasteiger partial charge on any atom is -0.337 e. The summed E-state index contributed by atoms with van der Waals surface area (Å²) >= 11 is 6.10. The standard InChI is InChI=1S/C24H19ClFN3O/c1-15-2-11-22(28-14-15)24(18-5-6-18,19-7-9-20(25)10-8-19)29-23(30)16-3-4-17(13-27)21(26)12-16/h2-4,7-12,14,18H,5-6H2,1H3,(H,29,30). The van der Waals surface area contributed by atoms with E-state index in [9.17, 15) is 9.18 Å². The molecule has 1 saturated carbocycles. The first kappa shape index (κ1) is 20.1. The van der Waals surface area contributed by atoms with Crippen LogP contribution in [-0.2, 0) is 5.54 Å². The number of halogens is 2. The molecular formula is C24H19ClFN3O. The highest BCUT2D eigenvalue weighted by Crippen LogP contribution is 2.49. The second kappa shape index (κ2) is 7.89. The van der Waals surface area contributed by atoms with E-state index >= 15 is 0 Å². The van der Waals surface area contributed by atoms with Crippen LogP contribution in [0.25, 0.3) is 0 Å². The van der Waals surface area contributed by atoms with E-state index in [2.05, 4.69) is 10.3 Å². The Bertz CT molecular complexity index is 1090. The molecule has 6 heteroatoms. The molecule has 0 radical (unpaired) electrons. The Morgan fingerprint density at radius 3 is 2.50 bits per heavy atom. The summed E-state index contributed by atoms with van der Waals surface area (Å²) in [7, 11) is 0. The molecule has 2 aromatic carbocycles. The molecule has 0 bridgehead atoms. The van der Waals surface area contributed by atoms with Gasteiger partial charge in [0.25, 0.3) is 5.91 Å². The fourth-order valence-electron chi connectivity index (χ4n) is 3.76. The van der Waals surface area contributed by atoms with Crippen LogP contribution in [0.3, 0.4) is 0 Å². The van der Waals surface area contributed by atoms with E-state index < -0.39 is 17.3 Å². The van der Waals surface area contributed by atoms with Crippen LogP contribution in [-0.4, -0.2) is 10.9 Å². The summed E-state index contributed by atoms with van der Waals surface area (Å²) < 4.78 is 14.1. The SMILES string of the molecule is Cc1ccc(C(NC(=O)c2ccc(C#N)c(F)c2)(c2ccc(Cl)cc2)C2CC2)nc1. The maximum absolute atomic E-state index is 14.1.